The number of methoxy groups -OCH3 is 1. The summed E-state index contributed by atoms with van der Waals surface area (Å²) in [6.45, 7) is 7.07. The van der Waals surface area contributed by atoms with Crippen LogP contribution in [0.2, 0.25) is 0 Å². The Labute approximate surface area is 190 Å². The van der Waals surface area contributed by atoms with Crippen molar-refractivity contribution in [1.29, 1.82) is 0 Å². The van der Waals surface area contributed by atoms with Gasteiger partial charge < -0.3 is 4.74 Å². The maximum absolute atomic E-state index is 13.7. The largest absolute Gasteiger partial charge is 0.497 e. The summed E-state index contributed by atoms with van der Waals surface area (Å²) in [6, 6.07) is 12.7. The Morgan fingerprint density at radius 2 is 1.62 bits per heavy atom. The maximum Gasteiger partial charge on any atom is 0.243 e. The normalized spacial score (nSPS) is 19.8. The molecule has 174 valence electrons. The Balaban J connectivity index is 1.28. The van der Waals surface area contributed by atoms with Crippen molar-refractivity contribution in [3.63, 3.8) is 0 Å². The first kappa shape index (κ1) is 23.2. The molecule has 2 aromatic rings. The van der Waals surface area contributed by atoms with Crippen LogP contribution in [-0.4, -0.2) is 74.9 Å². The first-order valence-corrected chi connectivity index (χ1v) is 12.7. The van der Waals surface area contributed by atoms with Crippen LogP contribution in [0.4, 0.5) is 4.39 Å². The minimum absolute atomic E-state index is 0.0813. The molecule has 2 heterocycles. The molecule has 0 saturated carbocycles. The number of hydrogen-bond donors (Lipinski definition) is 0. The number of ether oxygens (including phenoxy) is 1. The molecule has 0 aromatic heterocycles. The molecule has 0 radical (unpaired) electrons. The van der Waals surface area contributed by atoms with Gasteiger partial charge in [0.25, 0.3) is 0 Å². The summed E-state index contributed by atoms with van der Waals surface area (Å²) in [5.74, 6) is 0.357. The lowest BCUT2D eigenvalue weighted by atomic mass is 10.0. The zero-order valence-corrected chi connectivity index (χ0v) is 19.7. The van der Waals surface area contributed by atoms with E-state index in [0.29, 0.717) is 24.7 Å². The molecule has 2 saturated heterocycles. The van der Waals surface area contributed by atoms with Gasteiger partial charge in [0.15, 0.2) is 0 Å². The van der Waals surface area contributed by atoms with Gasteiger partial charge in [-0.15, -0.1) is 0 Å². The van der Waals surface area contributed by atoms with Gasteiger partial charge in [0.05, 0.1) is 12.0 Å². The topological polar surface area (TPSA) is 53.1 Å². The highest BCUT2D eigenvalue weighted by Gasteiger charge is 2.33. The van der Waals surface area contributed by atoms with Crippen molar-refractivity contribution < 1.29 is 17.5 Å². The van der Waals surface area contributed by atoms with E-state index in [0.717, 1.165) is 57.4 Å². The van der Waals surface area contributed by atoms with Gasteiger partial charge in [-0.3, -0.25) is 9.80 Å². The molecule has 0 amide bonds. The molecular weight excluding hydrogens is 429 g/mol. The van der Waals surface area contributed by atoms with Gasteiger partial charge in [-0.05, 0) is 68.2 Å². The van der Waals surface area contributed by atoms with Crippen LogP contribution in [0.5, 0.6) is 5.75 Å². The number of sulfonamides is 1. The standard InChI is InChI=1S/C24H32FN3O3S/c1-19-3-6-21(25)17-24(19)32(29,30)28-15-13-27(14-16-28)22-9-11-26(12-10-22)18-20-4-7-23(31-2)8-5-20/h3-8,17,22H,9-16,18H2,1-2H3. The number of rotatable bonds is 6. The summed E-state index contributed by atoms with van der Waals surface area (Å²) in [6.07, 6.45) is 2.18. The Hall–Kier alpha value is -2.00. The molecule has 0 unspecified atom stereocenters. The van der Waals surface area contributed by atoms with E-state index in [1.54, 1.807) is 14.0 Å². The molecule has 0 bridgehead atoms. The molecule has 2 aromatic carbocycles. The third-order valence-corrected chi connectivity index (χ3v) is 8.72. The van der Waals surface area contributed by atoms with E-state index in [1.165, 1.54) is 22.0 Å². The Morgan fingerprint density at radius 3 is 2.25 bits per heavy atom. The predicted octanol–water partition coefficient (Wildman–Crippen LogP) is 3.11. The second kappa shape index (κ2) is 9.87. The summed E-state index contributed by atoms with van der Waals surface area (Å²) >= 11 is 0. The number of piperazine rings is 1. The van der Waals surface area contributed by atoms with Gasteiger partial charge >= 0.3 is 0 Å². The summed E-state index contributed by atoms with van der Waals surface area (Å²) in [7, 11) is -1.99. The number of piperidine rings is 1. The molecular formula is C24H32FN3O3S. The van der Waals surface area contributed by atoms with Crippen molar-refractivity contribution in [3.05, 3.63) is 59.4 Å². The minimum atomic E-state index is -3.67. The number of benzene rings is 2. The highest BCUT2D eigenvalue weighted by Crippen LogP contribution is 2.25. The fourth-order valence-corrected chi connectivity index (χ4v) is 6.39. The Morgan fingerprint density at radius 1 is 0.969 bits per heavy atom. The van der Waals surface area contributed by atoms with Crippen molar-refractivity contribution >= 4 is 10.0 Å². The van der Waals surface area contributed by atoms with Crippen LogP contribution in [0.15, 0.2) is 47.4 Å². The number of hydrogen-bond acceptors (Lipinski definition) is 5. The van der Waals surface area contributed by atoms with Crippen molar-refractivity contribution in [2.75, 3.05) is 46.4 Å². The lowest BCUT2D eigenvalue weighted by molar-refractivity contribution is 0.0786. The van der Waals surface area contributed by atoms with Gasteiger partial charge in [-0.2, -0.15) is 4.31 Å². The SMILES string of the molecule is COc1ccc(CN2CCC(N3CCN(S(=O)(=O)c4cc(F)ccc4C)CC3)CC2)cc1. The van der Waals surface area contributed by atoms with E-state index in [2.05, 4.69) is 21.9 Å². The smallest absolute Gasteiger partial charge is 0.243 e. The fraction of sp³-hybridized carbons (Fsp3) is 0.500. The molecule has 2 aliphatic rings. The lowest BCUT2D eigenvalue weighted by Crippen LogP contribution is -2.54. The van der Waals surface area contributed by atoms with Crippen molar-refractivity contribution in [1.82, 2.24) is 14.1 Å². The molecule has 2 fully saturated rings. The quantitative estimate of drug-likeness (QED) is 0.662. The molecule has 0 N–H and O–H groups in total. The van der Waals surface area contributed by atoms with E-state index in [-0.39, 0.29) is 4.90 Å². The first-order valence-electron chi connectivity index (χ1n) is 11.2. The van der Waals surface area contributed by atoms with Crippen LogP contribution in [0, 0.1) is 12.7 Å². The Kier molecular flexibility index (Phi) is 7.14. The van der Waals surface area contributed by atoms with E-state index < -0.39 is 15.8 Å². The van der Waals surface area contributed by atoms with E-state index >= 15 is 0 Å². The Bertz CT molecular complexity index is 1010. The van der Waals surface area contributed by atoms with Gasteiger partial charge in [-0.1, -0.05) is 18.2 Å². The molecule has 2 aliphatic heterocycles. The van der Waals surface area contributed by atoms with Crippen LogP contribution in [0.25, 0.3) is 0 Å². The number of aryl methyl sites for hydroxylation is 1. The number of halogens is 1. The van der Waals surface area contributed by atoms with Crippen molar-refractivity contribution in [2.45, 2.75) is 37.2 Å². The van der Waals surface area contributed by atoms with Gasteiger partial charge in [-0.25, -0.2) is 12.8 Å². The zero-order valence-electron chi connectivity index (χ0n) is 18.8. The van der Waals surface area contributed by atoms with E-state index in [9.17, 15) is 12.8 Å². The van der Waals surface area contributed by atoms with E-state index in [4.69, 9.17) is 4.74 Å². The highest BCUT2D eigenvalue weighted by atomic mass is 32.2. The molecule has 0 aliphatic carbocycles. The average molecular weight is 462 g/mol. The summed E-state index contributed by atoms with van der Waals surface area (Å²) in [5.41, 5.74) is 1.87. The number of likely N-dealkylation sites (tertiary alicyclic amines) is 1. The van der Waals surface area contributed by atoms with Crippen LogP contribution >= 0.6 is 0 Å². The minimum Gasteiger partial charge on any atom is -0.497 e. The molecule has 8 heteroatoms. The number of nitrogens with zero attached hydrogens (tertiary/aromatic N) is 3. The van der Waals surface area contributed by atoms with E-state index in [1.807, 2.05) is 12.1 Å². The molecule has 0 atom stereocenters. The zero-order chi connectivity index (χ0) is 22.7. The molecule has 4 rings (SSSR count). The van der Waals surface area contributed by atoms with Crippen LogP contribution < -0.4 is 4.74 Å². The van der Waals surface area contributed by atoms with Gasteiger partial charge in [0.2, 0.25) is 10.0 Å². The summed E-state index contributed by atoms with van der Waals surface area (Å²) in [5, 5.41) is 0. The van der Waals surface area contributed by atoms with Crippen molar-refractivity contribution in [3.8, 4) is 5.75 Å². The van der Waals surface area contributed by atoms with Crippen LogP contribution in [0.3, 0.4) is 0 Å². The second-order valence-electron chi connectivity index (χ2n) is 8.71. The maximum atomic E-state index is 13.7. The molecule has 0 spiro atoms. The third-order valence-electron chi connectivity index (χ3n) is 6.68. The summed E-state index contributed by atoms with van der Waals surface area (Å²) in [4.78, 5) is 4.98. The van der Waals surface area contributed by atoms with Crippen LogP contribution in [0.1, 0.15) is 24.0 Å². The molecule has 32 heavy (non-hydrogen) atoms. The third kappa shape index (κ3) is 5.14. The highest BCUT2D eigenvalue weighted by molar-refractivity contribution is 7.89. The fourth-order valence-electron chi connectivity index (χ4n) is 4.73. The monoisotopic (exact) mass is 461 g/mol. The van der Waals surface area contributed by atoms with Crippen LogP contribution in [-0.2, 0) is 16.6 Å². The average Bonchev–Trinajstić information content (AvgIpc) is 2.81. The first-order chi connectivity index (χ1) is 15.4. The van der Waals surface area contributed by atoms with Crippen molar-refractivity contribution in [2.24, 2.45) is 0 Å². The predicted molar refractivity (Wildman–Crippen MR) is 123 cm³/mol. The lowest BCUT2D eigenvalue weighted by Gasteiger charge is -2.42. The molecule has 6 nitrogen and oxygen atoms in total. The summed E-state index contributed by atoms with van der Waals surface area (Å²) < 4.78 is 46.4. The van der Waals surface area contributed by atoms with Gasteiger partial charge in [0, 0.05) is 38.8 Å². The second-order valence-corrected chi connectivity index (χ2v) is 10.6. The van der Waals surface area contributed by atoms with Gasteiger partial charge in [0.1, 0.15) is 11.6 Å².